The molecule has 0 unspecified atom stereocenters. The molecular formula is C6H7N3O4. The van der Waals surface area contributed by atoms with Gasteiger partial charge in [-0.15, -0.1) is 5.10 Å². The number of esters is 1. The largest absolute Gasteiger partial charge is 0.403 e. The monoisotopic (exact) mass is 185 g/mol. The first-order valence-corrected chi connectivity index (χ1v) is 3.54. The van der Waals surface area contributed by atoms with Gasteiger partial charge in [0.15, 0.2) is 0 Å². The molecule has 70 valence electrons. The third-order valence-corrected chi connectivity index (χ3v) is 1.24. The summed E-state index contributed by atoms with van der Waals surface area (Å²) >= 11 is 0. The average Bonchev–Trinajstić information content (AvgIpc) is 2.52. The van der Waals surface area contributed by atoms with Gasteiger partial charge in [0.2, 0.25) is 0 Å². The number of nitrogens with one attached hydrogen (secondary N) is 1. The summed E-state index contributed by atoms with van der Waals surface area (Å²) in [6.07, 6.45) is 0.195. The highest BCUT2D eigenvalue weighted by molar-refractivity contribution is 5.71. The van der Waals surface area contributed by atoms with Gasteiger partial charge in [0.1, 0.15) is 0 Å². The van der Waals surface area contributed by atoms with E-state index in [2.05, 4.69) is 14.9 Å². The van der Waals surface area contributed by atoms with Gasteiger partial charge in [0, 0.05) is 6.42 Å². The number of hydrogen-bond acceptors (Lipinski definition) is 5. The number of aromatic nitrogens is 2. The minimum Gasteiger partial charge on any atom is -0.403 e. The third-order valence-electron chi connectivity index (χ3n) is 1.24. The van der Waals surface area contributed by atoms with Gasteiger partial charge in [-0.1, -0.05) is 6.92 Å². The molecule has 1 heterocycles. The fourth-order valence-corrected chi connectivity index (χ4v) is 0.628. The minimum atomic E-state index is -0.656. The summed E-state index contributed by atoms with van der Waals surface area (Å²) in [4.78, 5) is 20.2. The van der Waals surface area contributed by atoms with Crippen LogP contribution in [0.4, 0.5) is 5.82 Å². The van der Waals surface area contributed by atoms with E-state index in [1.165, 1.54) is 0 Å². The van der Waals surface area contributed by atoms with Gasteiger partial charge >= 0.3 is 11.8 Å². The Morgan fingerprint density at radius 3 is 3.00 bits per heavy atom. The van der Waals surface area contributed by atoms with Crippen LogP contribution in [-0.4, -0.2) is 21.1 Å². The van der Waals surface area contributed by atoms with Crippen molar-refractivity contribution in [1.82, 2.24) is 10.2 Å². The number of rotatable bonds is 3. The molecule has 13 heavy (non-hydrogen) atoms. The highest BCUT2D eigenvalue weighted by atomic mass is 16.6. The quantitative estimate of drug-likeness (QED) is 0.423. The maximum absolute atomic E-state index is 10.7. The van der Waals surface area contributed by atoms with Crippen molar-refractivity contribution in [3.63, 3.8) is 0 Å². The van der Waals surface area contributed by atoms with Gasteiger partial charge in [-0.3, -0.25) is 4.79 Å². The highest BCUT2D eigenvalue weighted by Crippen LogP contribution is 2.14. The predicted octanol–water partition coefficient (Wildman–Crippen LogP) is 0.633. The Kier molecular flexibility index (Phi) is 2.58. The van der Waals surface area contributed by atoms with E-state index in [1.54, 1.807) is 6.92 Å². The van der Waals surface area contributed by atoms with Crippen molar-refractivity contribution in [2.75, 3.05) is 0 Å². The van der Waals surface area contributed by atoms with E-state index in [0.717, 1.165) is 6.07 Å². The molecule has 1 aromatic rings. The van der Waals surface area contributed by atoms with Crippen molar-refractivity contribution in [2.24, 2.45) is 0 Å². The smallest absolute Gasteiger partial charge is 0.346 e. The number of nitro groups is 1. The first-order valence-electron chi connectivity index (χ1n) is 3.54. The number of carbonyl (C=O) groups is 1. The van der Waals surface area contributed by atoms with Crippen molar-refractivity contribution in [2.45, 2.75) is 13.3 Å². The molecule has 0 aliphatic rings. The van der Waals surface area contributed by atoms with E-state index in [9.17, 15) is 14.9 Å². The Balaban J connectivity index is 2.69. The highest BCUT2D eigenvalue weighted by Gasteiger charge is 2.12. The van der Waals surface area contributed by atoms with Crippen molar-refractivity contribution < 1.29 is 14.5 Å². The fourth-order valence-electron chi connectivity index (χ4n) is 0.628. The Hall–Kier alpha value is -1.92. The van der Waals surface area contributed by atoms with E-state index in [4.69, 9.17) is 0 Å². The summed E-state index contributed by atoms with van der Waals surface area (Å²) < 4.78 is 4.61. The topological polar surface area (TPSA) is 98.1 Å². The maximum atomic E-state index is 10.7. The Morgan fingerprint density at radius 2 is 2.54 bits per heavy atom. The van der Waals surface area contributed by atoms with Crippen LogP contribution in [0.3, 0.4) is 0 Å². The van der Waals surface area contributed by atoms with Gasteiger partial charge in [-0.2, -0.15) is 0 Å². The molecule has 1 N–H and O–H groups in total. The lowest BCUT2D eigenvalue weighted by atomic mass is 10.5. The zero-order valence-corrected chi connectivity index (χ0v) is 6.81. The molecular weight excluding hydrogens is 178 g/mol. The minimum absolute atomic E-state index is 0.0847. The van der Waals surface area contributed by atoms with Crippen molar-refractivity contribution in [3.05, 3.63) is 16.2 Å². The van der Waals surface area contributed by atoms with Crippen LogP contribution in [0.25, 0.3) is 0 Å². The van der Waals surface area contributed by atoms with Crippen LogP contribution < -0.4 is 4.74 Å². The molecule has 7 heteroatoms. The number of H-pyrrole nitrogens is 1. The molecule has 1 rings (SSSR count). The van der Waals surface area contributed by atoms with Crippen molar-refractivity contribution >= 4 is 11.8 Å². The summed E-state index contributed by atoms with van der Waals surface area (Å²) in [6, 6.07) is 1.05. The second-order valence-corrected chi connectivity index (χ2v) is 2.18. The molecule has 1 aromatic heterocycles. The summed E-state index contributed by atoms with van der Waals surface area (Å²) in [5, 5.41) is 15.7. The lowest BCUT2D eigenvalue weighted by Gasteiger charge is -1.93. The molecule has 0 aromatic carbocycles. The molecule has 0 radical (unpaired) electrons. The molecule has 0 fully saturated rings. The first-order chi connectivity index (χ1) is 6.13. The SMILES string of the molecule is CCC(=O)Oc1cc([N+](=O)[O-])[nH]n1. The summed E-state index contributed by atoms with van der Waals surface area (Å²) in [7, 11) is 0. The summed E-state index contributed by atoms with van der Waals surface area (Å²) in [6.45, 7) is 1.61. The zero-order chi connectivity index (χ0) is 9.84. The van der Waals surface area contributed by atoms with Gasteiger partial charge in [0.05, 0.1) is 6.07 Å². The maximum Gasteiger partial charge on any atom is 0.346 e. The van der Waals surface area contributed by atoms with Crippen LogP contribution in [0.5, 0.6) is 5.88 Å². The standard InChI is InChI=1S/C6H7N3O4/c1-2-6(10)13-5-3-4(7-8-5)9(11)12/h3H,2H2,1H3,(H,7,8). The van der Waals surface area contributed by atoms with Crippen molar-refractivity contribution in [1.29, 1.82) is 0 Å². The van der Waals surface area contributed by atoms with E-state index < -0.39 is 10.9 Å². The second kappa shape index (κ2) is 3.65. The number of aromatic amines is 1. The van der Waals surface area contributed by atoms with Crippen LogP contribution in [0.15, 0.2) is 6.07 Å². The van der Waals surface area contributed by atoms with Crippen LogP contribution in [0.2, 0.25) is 0 Å². The molecule has 0 atom stereocenters. The van der Waals surface area contributed by atoms with E-state index >= 15 is 0 Å². The zero-order valence-electron chi connectivity index (χ0n) is 6.81. The molecule has 0 spiro atoms. The van der Waals surface area contributed by atoms with Crippen LogP contribution in [0.1, 0.15) is 13.3 Å². The average molecular weight is 185 g/mol. The molecule has 0 saturated heterocycles. The number of hydrogen-bond donors (Lipinski definition) is 1. The molecule has 0 saturated carbocycles. The third kappa shape index (κ3) is 2.26. The van der Waals surface area contributed by atoms with E-state index in [-0.39, 0.29) is 18.1 Å². The van der Waals surface area contributed by atoms with Gasteiger partial charge in [0.25, 0.3) is 5.88 Å². The number of ether oxygens (including phenoxy) is 1. The lowest BCUT2D eigenvalue weighted by molar-refractivity contribution is -0.389. The van der Waals surface area contributed by atoms with Crippen LogP contribution >= 0.6 is 0 Å². The fraction of sp³-hybridized carbons (Fsp3) is 0.333. The molecule has 0 bridgehead atoms. The lowest BCUT2D eigenvalue weighted by Crippen LogP contribution is -2.05. The predicted molar refractivity (Wildman–Crippen MR) is 41.2 cm³/mol. The van der Waals surface area contributed by atoms with E-state index in [1.807, 2.05) is 0 Å². The second-order valence-electron chi connectivity index (χ2n) is 2.18. The van der Waals surface area contributed by atoms with Crippen molar-refractivity contribution in [3.8, 4) is 5.88 Å². The molecule has 0 aliphatic heterocycles. The van der Waals surface area contributed by atoms with Gasteiger partial charge in [-0.05, 0) is 10.0 Å². The number of carbonyl (C=O) groups excluding carboxylic acids is 1. The number of nitrogens with zero attached hydrogens (tertiary/aromatic N) is 2. The molecule has 7 nitrogen and oxygen atoms in total. The Labute approximate surface area is 72.9 Å². The van der Waals surface area contributed by atoms with Gasteiger partial charge < -0.3 is 14.9 Å². The Morgan fingerprint density at radius 1 is 1.85 bits per heavy atom. The van der Waals surface area contributed by atoms with Gasteiger partial charge in [-0.25, -0.2) is 0 Å². The summed E-state index contributed by atoms with van der Waals surface area (Å²) in [5.74, 6) is -0.876. The van der Waals surface area contributed by atoms with E-state index in [0.29, 0.717) is 0 Å². The summed E-state index contributed by atoms with van der Waals surface area (Å²) in [5.41, 5.74) is 0. The van der Waals surface area contributed by atoms with Crippen LogP contribution in [0, 0.1) is 10.1 Å². The molecule has 0 aliphatic carbocycles. The van der Waals surface area contributed by atoms with Crippen LogP contribution in [-0.2, 0) is 4.79 Å². The normalized spacial score (nSPS) is 9.62. The first kappa shape index (κ1) is 9.17. The Bertz CT molecular complexity index is 332. The molecule has 0 amide bonds.